The van der Waals surface area contributed by atoms with Crippen molar-refractivity contribution in [3.05, 3.63) is 0 Å². The van der Waals surface area contributed by atoms with Gasteiger partial charge in [0.15, 0.2) is 14.6 Å². The molecule has 0 saturated carbocycles. The van der Waals surface area contributed by atoms with E-state index in [0.717, 1.165) is 6.42 Å². The molecule has 0 aromatic rings. The van der Waals surface area contributed by atoms with E-state index >= 15 is 0 Å². The van der Waals surface area contributed by atoms with Crippen molar-refractivity contribution in [1.29, 1.82) is 0 Å². The molecule has 1 saturated heterocycles. The zero-order valence-corrected chi connectivity index (χ0v) is 17.5. The molecule has 1 aliphatic heterocycles. The molecule has 2 atom stereocenters. The minimum atomic E-state index is -1.75. The summed E-state index contributed by atoms with van der Waals surface area (Å²) in [6.07, 6.45) is 1.77. The van der Waals surface area contributed by atoms with Crippen molar-refractivity contribution in [2.45, 2.75) is 82.4 Å². The molecule has 0 aromatic heterocycles. The monoisotopic (exact) mass is 376 g/mol. The van der Waals surface area contributed by atoms with E-state index in [1.807, 2.05) is 0 Å². The van der Waals surface area contributed by atoms with E-state index in [9.17, 15) is 5.11 Å². The summed E-state index contributed by atoms with van der Waals surface area (Å²) in [5.74, 6) is 6.04. The van der Waals surface area contributed by atoms with E-state index in [4.69, 9.17) is 25.5 Å². The van der Waals surface area contributed by atoms with Crippen LogP contribution in [-0.4, -0.2) is 51.0 Å². The topological polar surface area (TPSA) is 47.9 Å². The maximum Gasteiger partial charge on any atom is 0.191 e. The average molecular weight is 377 g/mol. The fraction of sp³-hybridized carbons (Fsp3) is 0.889. The molecule has 6 heteroatoms. The van der Waals surface area contributed by atoms with Crippen LogP contribution in [0.2, 0.25) is 18.1 Å². The summed E-state index contributed by atoms with van der Waals surface area (Å²) in [5, 5.41) is 9.95. The maximum atomic E-state index is 10.1. The average Bonchev–Trinajstić information content (AvgIpc) is 2.98. The van der Waals surface area contributed by atoms with Gasteiger partial charge in [-0.2, -0.15) is 0 Å². The Morgan fingerprint density at radius 2 is 1.88 bits per heavy atom. The summed E-state index contributed by atoms with van der Waals surface area (Å²) in [5.41, 5.74) is 0. The van der Waals surface area contributed by atoms with Crippen LogP contribution in [0.25, 0.3) is 0 Å². The highest BCUT2D eigenvalue weighted by atomic mass is 35.5. The van der Waals surface area contributed by atoms with E-state index < -0.39 is 14.4 Å². The molecule has 0 aliphatic carbocycles. The summed E-state index contributed by atoms with van der Waals surface area (Å²) in [6, 6.07) is 0. The van der Waals surface area contributed by atoms with Crippen molar-refractivity contribution < 1.29 is 19.0 Å². The standard InChI is InChI=1S/C18H33ClO4Si/c1-18(2,3)24(4,5)23-12-11-15(19)16(20)9-7-6-8-10-17-21-13-14-22-17/h15-17,20H,8-14H2,1-5H3/t15-,16-/m1/s1. The normalized spacial score (nSPS) is 19.0. The molecule has 0 radical (unpaired) electrons. The lowest BCUT2D eigenvalue weighted by Gasteiger charge is -2.36. The van der Waals surface area contributed by atoms with Crippen LogP contribution in [0, 0.1) is 11.8 Å². The molecule has 0 unspecified atom stereocenters. The van der Waals surface area contributed by atoms with Gasteiger partial charge in [0, 0.05) is 25.9 Å². The lowest BCUT2D eigenvalue weighted by atomic mass is 10.1. The number of aliphatic hydroxyl groups is 1. The second-order valence-electron chi connectivity index (χ2n) is 7.75. The Bertz CT molecular complexity index is 419. The summed E-state index contributed by atoms with van der Waals surface area (Å²) >= 11 is 6.27. The number of ether oxygens (including phenoxy) is 2. The van der Waals surface area contributed by atoms with Gasteiger partial charge in [0.25, 0.3) is 0 Å². The van der Waals surface area contributed by atoms with E-state index in [2.05, 4.69) is 45.7 Å². The lowest BCUT2D eigenvalue weighted by molar-refractivity contribution is -0.0454. The highest BCUT2D eigenvalue weighted by Crippen LogP contribution is 2.36. The summed E-state index contributed by atoms with van der Waals surface area (Å²) in [4.78, 5) is 0. The molecule has 0 spiro atoms. The van der Waals surface area contributed by atoms with Gasteiger partial charge in [0.2, 0.25) is 0 Å². The predicted molar refractivity (Wildman–Crippen MR) is 101 cm³/mol. The number of aliphatic hydroxyl groups excluding tert-OH is 1. The molecule has 0 amide bonds. The molecule has 24 heavy (non-hydrogen) atoms. The van der Waals surface area contributed by atoms with Gasteiger partial charge in [-0.1, -0.05) is 20.8 Å². The van der Waals surface area contributed by atoms with Crippen molar-refractivity contribution in [3.63, 3.8) is 0 Å². The van der Waals surface area contributed by atoms with E-state index in [1.54, 1.807) is 0 Å². The van der Waals surface area contributed by atoms with Crippen LogP contribution in [0.15, 0.2) is 0 Å². The van der Waals surface area contributed by atoms with Crippen LogP contribution in [0.3, 0.4) is 0 Å². The first-order valence-corrected chi connectivity index (χ1v) is 12.1. The van der Waals surface area contributed by atoms with Crippen molar-refractivity contribution in [3.8, 4) is 11.8 Å². The molecule has 1 aliphatic rings. The van der Waals surface area contributed by atoms with E-state index in [0.29, 0.717) is 39.1 Å². The number of halogens is 1. The summed E-state index contributed by atoms with van der Waals surface area (Å²) in [7, 11) is -1.75. The molecule has 1 N–H and O–H groups in total. The first-order valence-electron chi connectivity index (χ1n) is 8.78. The van der Waals surface area contributed by atoms with Crippen LogP contribution in [0.1, 0.15) is 46.5 Å². The fourth-order valence-electron chi connectivity index (χ4n) is 1.99. The smallest absolute Gasteiger partial charge is 0.191 e. The van der Waals surface area contributed by atoms with Crippen molar-refractivity contribution in [2.75, 3.05) is 19.8 Å². The quantitative estimate of drug-likeness (QED) is 0.396. The van der Waals surface area contributed by atoms with E-state index in [-0.39, 0.29) is 16.7 Å². The third kappa shape index (κ3) is 7.86. The van der Waals surface area contributed by atoms with Crippen LogP contribution >= 0.6 is 11.6 Å². The van der Waals surface area contributed by atoms with Crippen molar-refractivity contribution in [2.24, 2.45) is 0 Å². The second-order valence-corrected chi connectivity index (χ2v) is 13.1. The van der Waals surface area contributed by atoms with Gasteiger partial charge in [-0.25, -0.2) is 0 Å². The van der Waals surface area contributed by atoms with Gasteiger partial charge < -0.3 is 19.0 Å². The summed E-state index contributed by atoms with van der Waals surface area (Å²) < 4.78 is 16.8. The van der Waals surface area contributed by atoms with Gasteiger partial charge in [0.05, 0.1) is 24.7 Å². The Morgan fingerprint density at radius 1 is 1.25 bits per heavy atom. The van der Waals surface area contributed by atoms with E-state index in [1.165, 1.54) is 0 Å². The number of alkyl halides is 1. The molecule has 4 nitrogen and oxygen atoms in total. The highest BCUT2D eigenvalue weighted by molar-refractivity contribution is 6.74. The van der Waals surface area contributed by atoms with Crippen LogP contribution < -0.4 is 0 Å². The van der Waals surface area contributed by atoms with Gasteiger partial charge in [-0.3, -0.25) is 0 Å². The minimum absolute atomic E-state index is 0.113. The summed E-state index contributed by atoms with van der Waals surface area (Å²) in [6.45, 7) is 13.0. The second kappa shape index (κ2) is 10.2. The largest absolute Gasteiger partial charge is 0.417 e. The first-order chi connectivity index (χ1) is 11.1. The van der Waals surface area contributed by atoms with Crippen LogP contribution in [0.4, 0.5) is 0 Å². The molecule has 1 fully saturated rings. The Morgan fingerprint density at radius 3 is 2.46 bits per heavy atom. The van der Waals surface area contributed by atoms with Crippen molar-refractivity contribution >= 4 is 19.9 Å². The van der Waals surface area contributed by atoms with Gasteiger partial charge in [-0.15, -0.1) is 23.4 Å². The zero-order chi connectivity index (χ0) is 18.2. The molecular formula is C18H33ClO4Si. The third-order valence-corrected chi connectivity index (χ3v) is 9.76. The van der Waals surface area contributed by atoms with Gasteiger partial charge >= 0.3 is 0 Å². The third-order valence-electron chi connectivity index (χ3n) is 4.71. The molecule has 0 bridgehead atoms. The Balaban J connectivity index is 2.19. The number of rotatable bonds is 8. The van der Waals surface area contributed by atoms with Crippen molar-refractivity contribution in [1.82, 2.24) is 0 Å². The van der Waals surface area contributed by atoms with Gasteiger partial charge in [-0.05, 0) is 24.6 Å². The fourth-order valence-corrected chi connectivity index (χ4v) is 3.23. The van der Waals surface area contributed by atoms with Crippen LogP contribution in [-0.2, 0) is 13.9 Å². The Kier molecular flexibility index (Phi) is 9.28. The molecule has 1 rings (SSSR count). The Hall–Kier alpha value is -0.0931. The molecular weight excluding hydrogens is 344 g/mol. The zero-order valence-electron chi connectivity index (χ0n) is 15.7. The molecule has 1 heterocycles. The molecule has 0 aromatic carbocycles. The van der Waals surface area contributed by atoms with Crippen LogP contribution in [0.5, 0.6) is 0 Å². The maximum absolute atomic E-state index is 10.1. The first kappa shape index (κ1) is 21.9. The Labute approximate surface area is 153 Å². The number of hydrogen-bond acceptors (Lipinski definition) is 4. The SMILES string of the molecule is CC(C)(C)[Si](C)(C)OCC[C@@H](Cl)[C@H](O)CC#CCCC1OCCO1. The highest BCUT2D eigenvalue weighted by Gasteiger charge is 2.37. The number of hydrogen-bond donors (Lipinski definition) is 1. The molecule has 140 valence electrons. The van der Waals surface area contributed by atoms with Gasteiger partial charge in [0.1, 0.15) is 0 Å². The predicted octanol–water partition coefficient (Wildman–Crippen LogP) is 3.91. The lowest BCUT2D eigenvalue weighted by Crippen LogP contribution is -2.41. The minimum Gasteiger partial charge on any atom is -0.417 e.